The minimum absolute atomic E-state index is 0. The molecule has 0 spiro atoms. The van der Waals surface area contributed by atoms with Crippen molar-refractivity contribution < 1.29 is 42.6 Å². The van der Waals surface area contributed by atoms with Crippen molar-refractivity contribution in [2.24, 2.45) is 0 Å². The summed E-state index contributed by atoms with van der Waals surface area (Å²) in [5.74, 6) is 0.677. The molecule has 0 saturated heterocycles. The summed E-state index contributed by atoms with van der Waals surface area (Å²) in [6, 6.07) is 5.24. The van der Waals surface area contributed by atoms with Crippen molar-refractivity contribution in [3.05, 3.63) is 29.8 Å². The Kier molecular flexibility index (Phi) is 6.01. The summed E-state index contributed by atoms with van der Waals surface area (Å²) in [5.41, 5.74) is 1.02. The normalized spacial score (nSPS) is 9.69. The zero-order valence-corrected chi connectivity index (χ0v) is 10.7. The molecule has 0 aliphatic heterocycles. The van der Waals surface area contributed by atoms with Gasteiger partial charge in [-0.25, -0.2) is 0 Å². The number of aromatic hydroxyl groups is 1. The molecular formula is C10H12O2Y. The van der Waals surface area contributed by atoms with Crippen LogP contribution in [0.5, 0.6) is 11.5 Å². The first-order chi connectivity index (χ1) is 5.77. The monoisotopic (exact) mass is 253 g/mol. The van der Waals surface area contributed by atoms with Crippen LogP contribution in [-0.2, 0) is 32.7 Å². The molecule has 0 saturated carbocycles. The van der Waals surface area contributed by atoms with E-state index in [1.165, 1.54) is 7.11 Å². The fourth-order valence-corrected chi connectivity index (χ4v) is 0.990. The number of hydrogen-bond donors (Lipinski definition) is 1. The molecule has 0 bridgehead atoms. The van der Waals surface area contributed by atoms with Crippen LogP contribution in [0.2, 0.25) is 0 Å². The molecule has 1 N–H and O–H groups in total. The van der Waals surface area contributed by atoms with E-state index in [-0.39, 0.29) is 38.5 Å². The van der Waals surface area contributed by atoms with Gasteiger partial charge >= 0.3 is 0 Å². The number of rotatable bonds is 2. The van der Waals surface area contributed by atoms with Gasteiger partial charge in [0.1, 0.15) is 0 Å². The third-order valence-corrected chi connectivity index (χ3v) is 1.56. The van der Waals surface area contributed by atoms with Gasteiger partial charge in [0.2, 0.25) is 0 Å². The van der Waals surface area contributed by atoms with E-state index in [9.17, 15) is 5.11 Å². The van der Waals surface area contributed by atoms with Gasteiger partial charge in [0.05, 0.1) is 7.11 Å². The topological polar surface area (TPSA) is 29.5 Å². The zero-order chi connectivity index (χ0) is 8.97. The summed E-state index contributed by atoms with van der Waals surface area (Å²) in [5, 5.41) is 9.25. The zero-order valence-electron chi connectivity index (χ0n) is 7.82. The first-order valence-electron chi connectivity index (χ1n) is 3.77. The molecule has 0 unspecified atom stereocenters. The molecule has 67 valence electrons. The molecule has 1 rings (SSSR count). The van der Waals surface area contributed by atoms with Gasteiger partial charge in [0.25, 0.3) is 0 Å². The molecule has 0 heterocycles. The first-order valence-corrected chi connectivity index (χ1v) is 3.77. The van der Waals surface area contributed by atoms with E-state index in [1.54, 1.807) is 12.1 Å². The quantitative estimate of drug-likeness (QED) is 0.877. The summed E-state index contributed by atoms with van der Waals surface area (Å²) in [4.78, 5) is 0. The van der Waals surface area contributed by atoms with Crippen molar-refractivity contribution in [1.82, 2.24) is 0 Å². The Bertz CT molecular complexity index is 295. The molecule has 1 aromatic carbocycles. The Morgan fingerprint density at radius 1 is 1.38 bits per heavy atom. The second-order valence-electron chi connectivity index (χ2n) is 2.43. The van der Waals surface area contributed by atoms with E-state index in [1.807, 2.05) is 25.1 Å². The average Bonchev–Trinajstić information content (AvgIpc) is 2.09. The van der Waals surface area contributed by atoms with Crippen LogP contribution in [0.3, 0.4) is 0 Å². The van der Waals surface area contributed by atoms with Crippen LogP contribution in [0.1, 0.15) is 12.5 Å². The minimum Gasteiger partial charge on any atom is -0.504 e. The van der Waals surface area contributed by atoms with E-state index >= 15 is 0 Å². The maximum atomic E-state index is 9.25. The fourth-order valence-electron chi connectivity index (χ4n) is 0.990. The smallest absolute Gasteiger partial charge is 0.161 e. The molecule has 0 fully saturated rings. The Hall–Kier alpha value is -0.336. The summed E-state index contributed by atoms with van der Waals surface area (Å²) < 4.78 is 4.95. The van der Waals surface area contributed by atoms with Crippen LogP contribution in [0.25, 0.3) is 6.08 Å². The van der Waals surface area contributed by atoms with Crippen LogP contribution in [0.15, 0.2) is 24.3 Å². The summed E-state index contributed by atoms with van der Waals surface area (Å²) in [7, 11) is 1.54. The van der Waals surface area contributed by atoms with Crippen molar-refractivity contribution in [1.29, 1.82) is 0 Å². The molecule has 1 radical (unpaired) electrons. The Morgan fingerprint density at radius 2 is 2.08 bits per heavy atom. The van der Waals surface area contributed by atoms with Crippen molar-refractivity contribution in [3.8, 4) is 11.5 Å². The summed E-state index contributed by atoms with van der Waals surface area (Å²) >= 11 is 0. The SMILES string of the molecule is CC=Cc1ccc(O)c(OC)c1.[Y]. The molecule has 1 aromatic rings. The van der Waals surface area contributed by atoms with Crippen LogP contribution in [-0.4, -0.2) is 12.2 Å². The van der Waals surface area contributed by atoms with Gasteiger partial charge in [-0.1, -0.05) is 18.2 Å². The van der Waals surface area contributed by atoms with Crippen LogP contribution >= 0.6 is 0 Å². The number of benzene rings is 1. The van der Waals surface area contributed by atoms with Crippen LogP contribution in [0.4, 0.5) is 0 Å². The van der Waals surface area contributed by atoms with Crippen LogP contribution < -0.4 is 4.74 Å². The van der Waals surface area contributed by atoms with Crippen molar-refractivity contribution in [2.75, 3.05) is 7.11 Å². The number of hydrogen-bond acceptors (Lipinski definition) is 2. The third kappa shape index (κ3) is 3.49. The average molecular weight is 253 g/mol. The summed E-state index contributed by atoms with van der Waals surface area (Å²) in [6.45, 7) is 1.94. The van der Waals surface area contributed by atoms with E-state index < -0.39 is 0 Å². The van der Waals surface area contributed by atoms with Crippen molar-refractivity contribution in [2.45, 2.75) is 6.92 Å². The maximum Gasteiger partial charge on any atom is 0.161 e. The van der Waals surface area contributed by atoms with Gasteiger partial charge in [-0.3, -0.25) is 0 Å². The molecule has 0 aromatic heterocycles. The molecular weight excluding hydrogens is 241 g/mol. The van der Waals surface area contributed by atoms with Gasteiger partial charge < -0.3 is 9.84 Å². The fraction of sp³-hybridized carbons (Fsp3) is 0.200. The predicted octanol–water partition coefficient (Wildman–Crippen LogP) is 2.43. The van der Waals surface area contributed by atoms with Gasteiger partial charge in [0, 0.05) is 32.7 Å². The predicted molar refractivity (Wildman–Crippen MR) is 49.4 cm³/mol. The number of ether oxygens (including phenoxy) is 1. The standard InChI is InChI=1S/C10H12O2.Y/c1-3-4-8-5-6-9(11)10(7-8)12-2;/h3-7,11H,1-2H3;. The maximum absolute atomic E-state index is 9.25. The Balaban J connectivity index is 0.00000144. The van der Waals surface area contributed by atoms with Gasteiger partial charge in [0.15, 0.2) is 11.5 Å². The molecule has 0 amide bonds. The summed E-state index contributed by atoms with van der Waals surface area (Å²) in [6.07, 6.45) is 3.88. The molecule has 0 aliphatic rings. The second-order valence-corrected chi connectivity index (χ2v) is 2.43. The molecule has 3 heteroatoms. The van der Waals surface area contributed by atoms with Gasteiger partial charge in [-0.15, -0.1) is 0 Å². The van der Waals surface area contributed by atoms with Gasteiger partial charge in [-0.2, -0.15) is 0 Å². The second kappa shape index (κ2) is 6.17. The molecule has 0 aliphatic carbocycles. The van der Waals surface area contributed by atoms with Gasteiger partial charge in [-0.05, 0) is 24.6 Å². The third-order valence-electron chi connectivity index (χ3n) is 1.56. The molecule has 13 heavy (non-hydrogen) atoms. The number of phenolic OH excluding ortho intramolecular Hbond substituents is 1. The van der Waals surface area contributed by atoms with E-state index in [4.69, 9.17) is 4.74 Å². The molecule has 0 atom stereocenters. The number of allylic oxidation sites excluding steroid dienone is 1. The Labute approximate surface area is 103 Å². The number of methoxy groups -OCH3 is 1. The molecule has 2 nitrogen and oxygen atoms in total. The number of phenols is 1. The van der Waals surface area contributed by atoms with E-state index in [2.05, 4.69) is 0 Å². The Morgan fingerprint density at radius 3 is 2.62 bits per heavy atom. The largest absolute Gasteiger partial charge is 0.504 e. The van der Waals surface area contributed by atoms with Crippen molar-refractivity contribution in [3.63, 3.8) is 0 Å². The minimum atomic E-state index is 0. The van der Waals surface area contributed by atoms with E-state index in [0.29, 0.717) is 5.75 Å². The first kappa shape index (κ1) is 12.7. The van der Waals surface area contributed by atoms with Crippen molar-refractivity contribution >= 4 is 6.08 Å². The van der Waals surface area contributed by atoms with E-state index in [0.717, 1.165) is 5.56 Å². The van der Waals surface area contributed by atoms with Crippen LogP contribution in [0, 0.1) is 0 Å².